The third-order valence-electron chi connectivity index (χ3n) is 1.47. The molecule has 0 radical (unpaired) electrons. The predicted octanol–water partition coefficient (Wildman–Crippen LogP) is 0.276. The number of rotatable bonds is 3. The maximum Gasteiger partial charge on any atom is 0.227 e. The second kappa shape index (κ2) is 3.50. The largest absolute Gasteiger partial charge is 0.369 e. The van der Waals surface area contributed by atoms with Crippen LogP contribution in [0.2, 0.25) is 0 Å². The first-order chi connectivity index (χ1) is 5.25. The minimum atomic E-state index is -0.352. The van der Waals surface area contributed by atoms with Gasteiger partial charge in [0.2, 0.25) is 5.91 Å². The van der Waals surface area contributed by atoms with Gasteiger partial charge in [-0.25, -0.2) is 0 Å². The van der Waals surface area contributed by atoms with E-state index < -0.39 is 0 Å². The normalized spacial score (nSPS) is 12.8. The van der Waals surface area contributed by atoms with Crippen LogP contribution in [0, 0.1) is 0 Å². The van der Waals surface area contributed by atoms with Gasteiger partial charge in [-0.05, 0) is 11.4 Å². The van der Waals surface area contributed by atoms with Crippen LogP contribution in [-0.4, -0.2) is 12.5 Å². The van der Waals surface area contributed by atoms with Crippen LogP contribution in [0.25, 0.3) is 0 Å². The Hall–Kier alpha value is -0.870. The van der Waals surface area contributed by atoms with Crippen LogP contribution >= 0.6 is 11.3 Å². The molecule has 1 rings (SSSR count). The minimum Gasteiger partial charge on any atom is -0.369 e. The summed E-state index contributed by atoms with van der Waals surface area (Å²) in [5, 5.41) is 1.90. The van der Waals surface area contributed by atoms with E-state index in [1.54, 1.807) is 0 Å². The average molecular weight is 170 g/mol. The lowest BCUT2D eigenvalue weighted by Gasteiger charge is -2.06. The molecule has 1 heterocycles. The molecule has 3 nitrogen and oxygen atoms in total. The number of thiophene rings is 1. The second-order valence-corrected chi connectivity index (χ2v) is 3.19. The Morgan fingerprint density at radius 1 is 1.73 bits per heavy atom. The lowest BCUT2D eigenvalue weighted by Crippen LogP contribution is -2.27. The molecule has 1 aromatic rings. The Bertz CT molecular complexity index is 233. The molecular formula is C7H10N2OS. The first-order valence-electron chi connectivity index (χ1n) is 3.28. The highest BCUT2D eigenvalue weighted by molar-refractivity contribution is 7.10. The number of primary amides is 1. The number of carbonyl (C=O) groups is 1. The average Bonchev–Trinajstić information content (AvgIpc) is 2.40. The zero-order chi connectivity index (χ0) is 8.27. The summed E-state index contributed by atoms with van der Waals surface area (Å²) in [6.45, 7) is 0.288. The molecule has 0 aromatic carbocycles. The number of amides is 1. The first kappa shape index (κ1) is 8.23. The summed E-state index contributed by atoms with van der Waals surface area (Å²) in [5.74, 6) is -0.662. The number of hydrogen-bond acceptors (Lipinski definition) is 3. The lowest BCUT2D eigenvalue weighted by atomic mass is 10.1. The predicted molar refractivity (Wildman–Crippen MR) is 45.3 cm³/mol. The number of carbonyl (C=O) groups excluding carboxylic acids is 1. The third kappa shape index (κ3) is 1.78. The number of hydrogen-bond donors (Lipinski definition) is 2. The van der Waals surface area contributed by atoms with Gasteiger partial charge < -0.3 is 11.5 Å². The van der Waals surface area contributed by atoms with Crippen LogP contribution in [0.15, 0.2) is 17.5 Å². The van der Waals surface area contributed by atoms with Gasteiger partial charge in [0.1, 0.15) is 0 Å². The van der Waals surface area contributed by atoms with Gasteiger partial charge in [0.15, 0.2) is 0 Å². The van der Waals surface area contributed by atoms with E-state index in [0.29, 0.717) is 0 Å². The van der Waals surface area contributed by atoms with Crippen molar-refractivity contribution in [3.05, 3.63) is 22.4 Å². The zero-order valence-electron chi connectivity index (χ0n) is 5.99. The van der Waals surface area contributed by atoms with Crippen molar-refractivity contribution in [1.29, 1.82) is 0 Å². The van der Waals surface area contributed by atoms with Crippen LogP contribution in [0.1, 0.15) is 10.8 Å². The van der Waals surface area contributed by atoms with Gasteiger partial charge in [0.25, 0.3) is 0 Å². The van der Waals surface area contributed by atoms with Crippen LogP contribution < -0.4 is 11.5 Å². The Kier molecular flexibility index (Phi) is 2.62. The van der Waals surface area contributed by atoms with E-state index in [1.165, 1.54) is 11.3 Å². The molecule has 4 N–H and O–H groups in total. The fourth-order valence-corrected chi connectivity index (χ4v) is 1.71. The van der Waals surface area contributed by atoms with Crippen molar-refractivity contribution in [3.63, 3.8) is 0 Å². The Morgan fingerprint density at radius 3 is 2.82 bits per heavy atom. The SMILES string of the molecule is NCC(C(N)=O)c1cccs1. The van der Waals surface area contributed by atoms with E-state index in [0.717, 1.165) is 4.88 Å². The monoisotopic (exact) mass is 170 g/mol. The van der Waals surface area contributed by atoms with Crippen molar-refractivity contribution in [1.82, 2.24) is 0 Å². The molecule has 0 aliphatic carbocycles. The molecule has 0 spiro atoms. The van der Waals surface area contributed by atoms with E-state index in [-0.39, 0.29) is 18.4 Å². The molecule has 1 atom stereocenters. The van der Waals surface area contributed by atoms with Crippen molar-refractivity contribution < 1.29 is 4.79 Å². The maximum absolute atomic E-state index is 10.8. The molecule has 0 aliphatic heterocycles. The van der Waals surface area contributed by atoms with Crippen LogP contribution in [-0.2, 0) is 4.79 Å². The molecule has 11 heavy (non-hydrogen) atoms. The van der Waals surface area contributed by atoms with E-state index in [2.05, 4.69) is 0 Å². The first-order valence-corrected chi connectivity index (χ1v) is 4.16. The summed E-state index contributed by atoms with van der Waals surface area (Å²) in [4.78, 5) is 11.7. The summed E-state index contributed by atoms with van der Waals surface area (Å²) >= 11 is 1.50. The topological polar surface area (TPSA) is 69.1 Å². The zero-order valence-corrected chi connectivity index (χ0v) is 6.80. The van der Waals surface area contributed by atoms with Crippen molar-refractivity contribution in [2.45, 2.75) is 5.92 Å². The minimum absolute atomic E-state index is 0.288. The molecule has 0 fully saturated rings. The molecule has 60 valence electrons. The van der Waals surface area contributed by atoms with Crippen LogP contribution in [0.5, 0.6) is 0 Å². The molecule has 1 aromatic heterocycles. The van der Waals surface area contributed by atoms with Crippen LogP contribution in [0.3, 0.4) is 0 Å². The fraction of sp³-hybridized carbons (Fsp3) is 0.286. The standard InChI is InChI=1S/C7H10N2OS/c8-4-5(7(9)10)6-2-1-3-11-6/h1-3,5H,4,8H2,(H2,9,10). The molecule has 0 aliphatic rings. The van der Waals surface area contributed by atoms with Gasteiger partial charge in [-0.15, -0.1) is 11.3 Å². The van der Waals surface area contributed by atoms with Gasteiger partial charge in [-0.2, -0.15) is 0 Å². The Morgan fingerprint density at radius 2 is 2.45 bits per heavy atom. The van der Waals surface area contributed by atoms with E-state index in [1.807, 2.05) is 17.5 Å². The Labute approximate surface area is 69.0 Å². The lowest BCUT2D eigenvalue weighted by molar-refractivity contribution is -0.119. The van der Waals surface area contributed by atoms with E-state index in [9.17, 15) is 4.79 Å². The molecule has 0 saturated heterocycles. The summed E-state index contributed by atoms with van der Waals surface area (Å²) in [6, 6.07) is 3.75. The highest BCUT2D eigenvalue weighted by Crippen LogP contribution is 2.19. The van der Waals surface area contributed by atoms with Gasteiger partial charge in [-0.1, -0.05) is 6.07 Å². The number of nitrogens with two attached hydrogens (primary N) is 2. The fourth-order valence-electron chi connectivity index (χ4n) is 0.862. The van der Waals surface area contributed by atoms with Crippen molar-refractivity contribution in [2.75, 3.05) is 6.54 Å². The maximum atomic E-state index is 10.8. The molecule has 1 amide bonds. The van der Waals surface area contributed by atoms with Crippen molar-refractivity contribution in [2.24, 2.45) is 11.5 Å². The summed E-state index contributed by atoms with van der Waals surface area (Å²) < 4.78 is 0. The third-order valence-corrected chi connectivity index (χ3v) is 2.45. The molecular weight excluding hydrogens is 160 g/mol. The van der Waals surface area contributed by atoms with Gasteiger partial charge >= 0.3 is 0 Å². The van der Waals surface area contributed by atoms with Crippen molar-refractivity contribution in [3.8, 4) is 0 Å². The quantitative estimate of drug-likeness (QED) is 0.684. The molecule has 1 unspecified atom stereocenters. The second-order valence-electron chi connectivity index (χ2n) is 2.21. The molecule has 0 bridgehead atoms. The molecule has 4 heteroatoms. The van der Waals surface area contributed by atoms with Crippen molar-refractivity contribution >= 4 is 17.2 Å². The summed E-state index contributed by atoms with van der Waals surface area (Å²) in [5.41, 5.74) is 10.5. The highest BCUT2D eigenvalue weighted by atomic mass is 32.1. The Balaban J connectivity index is 2.79. The van der Waals surface area contributed by atoms with Gasteiger partial charge in [0.05, 0.1) is 5.92 Å². The highest BCUT2D eigenvalue weighted by Gasteiger charge is 2.15. The smallest absolute Gasteiger partial charge is 0.227 e. The van der Waals surface area contributed by atoms with Gasteiger partial charge in [-0.3, -0.25) is 4.79 Å². The summed E-state index contributed by atoms with van der Waals surface area (Å²) in [7, 11) is 0. The van der Waals surface area contributed by atoms with Gasteiger partial charge in [0, 0.05) is 11.4 Å². The molecule has 0 saturated carbocycles. The van der Waals surface area contributed by atoms with E-state index in [4.69, 9.17) is 11.5 Å². The van der Waals surface area contributed by atoms with E-state index >= 15 is 0 Å². The summed E-state index contributed by atoms with van der Waals surface area (Å²) in [6.07, 6.45) is 0. The van der Waals surface area contributed by atoms with Crippen LogP contribution in [0.4, 0.5) is 0 Å².